The van der Waals surface area contributed by atoms with Gasteiger partial charge in [0.25, 0.3) is 0 Å². The van der Waals surface area contributed by atoms with Gasteiger partial charge in [-0.2, -0.15) is 5.26 Å². The number of aryl methyl sites for hydroxylation is 1. The van der Waals surface area contributed by atoms with Crippen LogP contribution in [0.25, 0.3) is 5.57 Å². The second-order valence-corrected chi connectivity index (χ2v) is 4.79. The van der Waals surface area contributed by atoms with Gasteiger partial charge >= 0.3 is 0 Å². The highest BCUT2D eigenvalue weighted by Gasteiger charge is 2.13. The first-order valence-corrected chi connectivity index (χ1v) is 6.46. The van der Waals surface area contributed by atoms with Gasteiger partial charge in [-0.25, -0.2) is 9.97 Å². The Balaban J connectivity index is 2.47. The molecule has 5 heteroatoms. The SMILES string of the molecule is Cc1cnc(NC(C)C)nc1C(C#N)=C1C=CC=CN1. The van der Waals surface area contributed by atoms with Gasteiger partial charge in [-0.05, 0) is 38.5 Å². The van der Waals surface area contributed by atoms with E-state index in [1.54, 1.807) is 12.4 Å². The molecule has 1 aromatic heterocycles. The Morgan fingerprint density at radius 2 is 2.20 bits per heavy atom. The van der Waals surface area contributed by atoms with Crippen molar-refractivity contribution in [3.8, 4) is 6.07 Å². The Morgan fingerprint density at radius 3 is 2.80 bits per heavy atom. The van der Waals surface area contributed by atoms with Crippen molar-refractivity contribution >= 4 is 11.5 Å². The summed E-state index contributed by atoms with van der Waals surface area (Å²) >= 11 is 0. The van der Waals surface area contributed by atoms with Crippen molar-refractivity contribution in [3.05, 3.63) is 47.6 Å². The number of nitrogens with zero attached hydrogens (tertiary/aromatic N) is 3. The van der Waals surface area contributed by atoms with Crippen molar-refractivity contribution in [1.82, 2.24) is 15.3 Å². The van der Waals surface area contributed by atoms with Crippen molar-refractivity contribution in [2.24, 2.45) is 0 Å². The van der Waals surface area contributed by atoms with E-state index in [1.165, 1.54) is 0 Å². The summed E-state index contributed by atoms with van der Waals surface area (Å²) in [6, 6.07) is 2.46. The van der Waals surface area contributed by atoms with Crippen LogP contribution in [0.5, 0.6) is 0 Å². The molecule has 20 heavy (non-hydrogen) atoms. The van der Waals surface area contributed by atoms with Gasteiger partial charge in [0.1, 0.15) is 11.6 Å². The standard InChI is InChI=1S/C15H17N5/c1-10(2)19-15-18-9-11(3)14(20-15)12(8-16)13-6-4-5-7-17-13/h4-7,9-10,17H,1-3H3,(H,18,19,20). The molecule has 0 unspecified atom stereocenters. The van der Waals surface area contributed by atoms with Crippen LogP contribution in [0.3, 0.4) is 0 Å². The summed E-state index contributed by atoms with van der Waals surface area (Å²) in [5, 5.41) is 15.7. The van der Waals surface area contributed by atoms with Crippen molar-refractivity contribution < 1.29 is 0 Å². The first-order valence-electron chi connectivity index (χ1n) is 6.46. The van der Waals surface area contributed by atoms with E-state index in [0.717, 1.165) is 11.3 Å². The highest BCUT2D eigenvalue weighted by molar-refractivity contribution is 5.80. The predicted molar refractivity (Wildman–Crippen MR) is 79.5 cm³/mol. The third kappa shape index (κ3) is 3.04. The molecule has 0 fully saturated rings. The number of hydrogen-bond acceptors (Lipinski definition) is 5. The molecule has 1 aromatic rings. The molecular weight excluding hydrogens is 250 g/mol. The number of allylic oxidation sites excluding steroid dienone is 4. The lowest BCUT2D eigenvalue weighted by atomic mass is 10.1. The summed E-state index contributed by atoms with van der Waals surface area (Å²) in [5.41, 5.74) is 2.77. The van der Waals surface area contributed by atoms with E-state index in [9.17, 15) is 5.26 Å². The molecule has 2 N–H and O–H groups in total. The lowest BCUT2D eigenvalue weighted by molar-refractivity contribution is 0.871. The van der Waals surface area contributed by atoms with Gasteiger partial charge in [0.2, 0.25) is 5.95 Å². The molecule has 5 nitrogen and oxygen atoms in total. The van der Waals surface area contributed by atoms with Crippen LogP contribution in [0.2, 0.25) is 0 Å². The topological polar surface area (TPSA) is 73.6 Å². The minimum Gasteiger partial charge on any atom is -0.361 e. The van der Waals surface area contributed by atoms with Gasteiger partial charge in [0.05, 0.1) is 11.4 Å². The molecule has 0 radical (unpaired) electrons. The highest BCUT2D eigenvalue weighted by Crippen LogP contribution is 2.21. The van der Waals surface area contributed by atoms with Crippen molar-refractivity contribution in [2.75, 3.05) is 5.32 Å². The molecule has 0 amide bonds. The summed E-state index contributed by atoms with van der Waals surface area (Å²) < 4.78 is 0. The van der Waals surface area contributed by atoms with E-state index < -0.39 is 0 Å². The zero-order valence-electron chi connectivity index (χ0n) is 11.8. The number of rotatable bonds is 3. The Kier molecular flexibility index (Phi) is 4.16. The van der Waals surface area contributed by atoms with Crippen LogP contribution in [0.1, 0.15) is 25.1 Å². The third-order valence-electron chi connectivity index (χ3n) is 2.72. The van der Waals surface area contributed by atoms with Crippen LogP contribution in [0, 0.1) is 18.3 Å². The maximum absolute atomic E-state index is 9.44. The van der Waals surface area contributed by atoms with Crippen LogP contribution >= 0.6 is 0 Å². The molecule has 0 atom stereocenters. The van der Waals surface area contributed by atoms with E-state index in [1.807, 2.05) is 39.0 Å². The quantitative estimate of drug-likeness (QED) is 0.823. The number of nitrogens with one attached hydrogen (secondary N) is 2. The van der Waals surface area contributed by atoms with E-state index in [0.29, 0.717) is 17.2 Å². The average Bonchev–Trinajstić information content (AvgIpc) is 2.44. The zero-order chi connectivity index (χ0) is 14.5. The molecule has 2 heterocycles. The molecule has 0 saturated carbocycles. The number of dihydropyridines is 1. The summed E-state index contributed by atoms with van der Waals surface area (Å²) in [5.74, 6) is 0.532. The fourth-order valence-electron chi connectivity index (χ4n) is 1.81. The summed E-state index contributed by atoms with van der Waals surface area (Å²) in [6.45, 7) is 5.93. The van der Waals surface area contributed by atoms with Gasteiger partial charge in [-0.1, -0.05) is 6.08 Å². The fourth-order valence-corrected chi connectivity index (χ4v) is 1.81. The molecule has 0 saturated heterocycles. The monoisotopic (exact) mass is 267 g/mol. The van der Waals surface area contributed by atoms with Gasteiger partial charge in [-0.3, -0.25) is 0 Å². The van der Waals surface area contributed by atoms with Gasteiger partial charge < -0.3 is 10.6 Å². The van der Waals surface area contributed by atoms with E-state index in [2.05, 4.69) is 26.7 Å². The normalized spacial score (nSPS) is 15.8. The van der Waals surface area contributed by atoms with Gasteiger partial charge in [0.15, 0.2) is 0 Å². The largest absolute Gasteiger partial charge is 0.361 e. The lowest BCUT2D eigenvalue weighted by Gasteiger charge is -2.13. The summed E-state index contributed by atoms with van der Waals surface area (Å²) in [7, 11) is 0. The Morgan fingerprint density at radius 1 is 1.40 bits per heavy atom. The van der Waals surface area contributed by atoms with Crippen molar-refractivity contribution in [3.63, 3.8) is 0 Å². The van der Waals surface area contributed by atoms with Crippen LogP contribution in [0.4, 0.5) is 5.95 Å². The molecular formula is C15H17N5. The van der Waals surface area contributed by atoms with Gasteiger partial charge in [-0.15, -0.1) is 0 Å². The molecule has 1 aliphatic rings. The van der Waals surface area contributed by atoms with Crippen LogP contribution < -0.4 is 10.6 Å². The molecule has 0 aliphatic carbocycles. The van der Waals surface area contributed by atoms with E-state index >= 15 is 0 Å². The Hall–Kier alpha value is -2.61. The van der Waals surface area contributed by atoms with E-state index in [4.69, 9.17) is 0 Å². The predicted octanol–water partition coefficient (Wildman–Crippen LogP) is 2.51. The minimum absolute atomic E-state index is 0.236. The Labute approximate surface area is 118 Å². The maximum Gasteiger partial charge on any atom is 0.223 e. The van der Waals surface area contributed by atoms with Crippen LogP contribution in [-0.4, -0.2) is 16.0 Å². The first-order chi connectivity index (χ1) is 9.61. The van der Waals surface area contributed by atoms with Crippen molar-refractivity contribution in [1.29, 1.82) is 5.26 Å². The summed E-state index contributed by atoms with van der Waals surface area (Å²) in [6.07, 6.45) is 9.13. The minimum atomic E-state index is 0.236. The smallest absolute Gasteiger partial charge is 0.223 e. The van der Waals surface area contributed by atoms with E-state index in [-0.39, 0.29) is 6.04 Å². The molecule has 2 rings (SSSR count). The summed E-state index contributed by atoms with van der Waals surface area (Å²) in [4.78, 5) is 8.69. The molecule has 0 bridgehead atoms. The number of anilines is 1. The molecule has 1 aliphatic heterocycles. The molecule has 102 valence electrons. The maximum atomic E-state index is 9.44. The number of hydrogen-bond donors (Lipinski definition) is 2. The molecule has 0 spiro atoms. The van der Waals surface area contributed by atoms with Gasteiger partial charge in [0, 0.05) is 18.4 Å². The third-order valence-corrected chi connectivity index (χ3v) is 2.72. The number of nitriles is 1. The zero-order valence-corrected chi connectivity index (χ0v) is 11.8. The fraction of sp³-hybridized carbons (Fsp3) is 0.267. The Bertz CT molecular complexity index is 632. The van der Waals surface area contributed by atoms with Crippen LogP contribution in [-0.2, 0) is 0 Å². The average molecular weight is 267 g/mol. The number of aromatic nitrogens is 2. The molecule has 0 aromatic carbocycles. The second kappa shape index (κ2) is 6.02. The van der Waals surface area contributed by atoms with Crippen LogP contribution in [0.15, 0.2) is 36.3 Å². The first kappa shape index (κ1) is 13.8. The second-order valence-electron chi connectivity index (χ2n) is 4.79. The van der Waals surface area contributed by atoms with Crippen molar-refractivity contribution in [2.45, 2.75) is 26.8 Å². The lowest BCUT2D eigenvalue weighted by Crippen LogP contribution is -2.14. The highest BCUT2D eigenvalue weighted by atomic mass is 15.1.